The Balaban J connectivity index is 0.00000259. The highest BCUT2D eigenvalue weighted by molar-refractivity contribution is 5.85. The molecule has 0 bridgehead atoms. The third-order valence-corrected chi connectivity index (χ3v) is 5.77. The van der Waals surface area contributed by atoms with Gasteiger partial charge in [-0.15, -0.1) is 12.4 Å². The lowest BCUT2D eigenvalue weighted by molar-refractivity contribution is 0.281. The van der Waals surface area contributed by atoms with E-state index < -0.39 is 0 Å². The Morgan fingerprint density at radius 1 is 1.06 bits per heavy atom. The van der Waals surface area contributed by atoms with E-state index in [1.165, 1.54) is 18.4 Å². The van der Waals surface area contributed by atoms with E-state index in [-0.39, 0.29) is 19.0 Å². The minimum absolute atomic E-state index is 0. The van der Waals surface area contributed by atoms with Crippen LogP contribution in [0.1, 0.15) is 42.7 Å². The number of aliphatic hydroxyl groups excluding tert-OH is 1. The molecule has 3 heterocycles. The summed E-state index contributed by atoms with van der Waals surface area (Å²) in [6, 6.07) is 16.0. The van der Waals surface area contributed by atoms with Gasteiger partial charge in [0, 0.05) is 24.9 Å². The molecule has 1 saturated carbocycles. The van der Waals surface area contributed by atoms with Crippen molar-refractivity contribution in [1.29, 1.82) is 5.26 Å². The monoisotopic (exact) mass is 460 g/mol. The summed E-state index contributed by atoms with van der Waals surface area (Å²) in [6.07, 6.45) is 7.56. The van der Waals surface area contributed by atoms with E-state index in [9.17, 15) is 0 Å². The quantitative estimate of drug-likeness (QED) is 0.351. The molecule has 1 aromatic carbocycles. The van der Waals surface area contributed by atoms with Gasteiger partial charge in [0.25, 0.3) is 0 Å². The Morgan fingerprint density at radius 2 is 1.94 bits per heavy atom. The summed E-state index contributed by atoms with van der Waals surface area (Å²) in [5.41, 5.74) is 5.78. The molecule has 1 aliphatic rings. The molecule has 2 N–H and O–H groups in total. The molecule has 8 heteroatoms. The average Bonchev–Trinajstić information content (AvgIpc) is 3.60. The van der Waals surface area contributed by atoms with Crippen LogP contribution in [0.3, 0.4) is 0 Å². The van der Waals surface area contributed by atoms with Gasteiger partial charge in [-0.25, -0.2) is 15.0 Å². The van der Waals surface area contributed by atoms with Crippen molar-refractivity contribution in [3.05, 3.63) is 66.1 Å². The first-order valence-corrected chi connectivity index (χ1v) is 10.9. The fourth-order valence-corrected chi connectivity index (χ4v) is 3.90. The van der Waals surface area contributed by atoms with Crippen LogP contribution < -0.4 is 5.32 Å². The lowest BCUT2D eigenvalue weighted by Gasteiger charge is -2.11. The predicted molar refractivity (Wildman–Crippen MR) is 131 cm³/mol. The number of aliphatic hydroxyl groups is 1. The number of imidazole rings is 1. The number of aryl methyl sites for hydroxylation is 1. The number of hydrogen-bond acceptors (Lipinski definition) is 6. The molecule has 0 saturated heterocycles. The molecule has 0 aliphatic heterocycles. The van der Waals surface area contributed by atoms with Gasteiger partial charge >= 0.3 is 0 Å². The summed E-state index contributed by atoms with van der Waals surface area (Å²) < 4.78 is 2.13. The molecule has 1 fully saturated rings. The molecule has 33 heavy (non-hydrogen) atoms. The molecule has 0 radical (unpaired) electrons. The average molecular weight is 461 g/mol. The molecule has 5 rings (SSSR count). The molecule has 0 unspecified atom stereocenters. The summed E-state index contributed by atoms with van der Waals surface area (Å²) in [7, 11) is 0. The molecular formula is C25H25ClN6O. The molecule has 3 aromatic heterocycles. The molecule has 168 valence electrons. The van der Waals surface area contributed by atoms with Crippen LogP contribution in [-0.2, 0) is 6.54 Å². The SMILES string of the molecule is Cl.N#Cc1ccnc(Nc2cc(C3CC3)cc(-c3ccc4ncn(CCCCO)c4c3)n2)c1. The number of pyridine rings is 2. The van der Waals surface area contributed by atoms with E-state index in [1.807, 2.05) is 12.4 Å². The van der Waals surface area contributed by atoms with Crippen LogP contribution in [-0.4, -0.2) is 31.2 Å². The van der Waals surface area contributed by atoms with Crippen molar-refractivity contribution < 1.29 is 5.11 Å². The summed E-state index contributed by atoms with van der Waals surface area (Å²) >= 11 is 0. The van der Waals surface area contributed by atoms with E-state index >= 15 is 0 Å². The predicted octanol–water partition coefficient (Wildman–Crippen LogP) is 5.18. The second-order valence-electron chi connectivity index (χ2n) is 8.18. The number of halogens is 1. The van der Waals surface area contributed by atoms with E-state index in [0.717, 1.165) is 47.5 Å². The van der Waals surface area contributed by atoms with E-state index in [0.29, 0.717) is 17.3 Å². The maximum Gasteiger partial charge on any atom is 0.132 e. The van der Waals surface area contributed by atoms with E-state index in [2.05, 4.69) is 50.2 Å². The normalized spacial score (nSPS) is 12.8. The Morgan fingerprint density at radius 3 is 2.73 bits per heavy atom. The number of nitrogens with zero attached hydrogens (tertiary/aromatic N) is 5. The van der Waals surface area contributed by atoms with Gasteiger partial charge in [0.2, 0.25) is 0 Å². The summed E-state index contributed by atoms with van der Waals surface area (Å²) in [5, 5.41) is 21.5. The lowest BCUT2D eigenvalue weighted by atomic mass is 10.1. The Labute approximate surface area is 198 Å². The van der Waals surface area contributed by atoms with Crippen molar-refractivity contribution in [2.75, 3.05) is 11.9 Å². The number of anilines is 2. The molecule has 7 nitrogen and oxygen atoms in total. The van der Waals surface area contributed by atoms with Crippen LogP contribution in [0.5, 0.6) is 0 Å². The number of rotatable bonds is 8. The number of nitriles is 1. The van der Waals surface area contributed by atoms with Crippen molar-refractivity contribution in [2.24, 2.45) is 0 Å². The van der Waals surface area contributed by atoms with Gasteiger partial charge in [0.1, 0.15) is 11.6 Å². The minimum atomic E-state index is 0. The maximum atomic E-state index is 9.16. The molecule has 0 amide bonds. The fourth-order valence-electron chi connectivity index (χ4n) is 3.90. The van der Waals surface area contributed by atoms with Gasteiger partial charge < -0.3 is 15.0 Å². The fraction of sp³-hybridized carbons (Fsp3) is 0.280. The van der Waals surface area contributed by atoms with Crippen LogP contribution in [0.25, 0.3) is 22.3 Å². The Kier molecular flexibility index (Phi) is 6.87. The number of fused-ring (bicyclic) bond motifs is 1. The van der Waals surface area contributed by atoms with Gasteiger partial charge in [-0.1, -0.05) is 6.07 Å². The molecule has 1 aliphatic carbocycles. The highest BCUT2D eigenvalue weighted by atomic mass is 35.5. The zero-order valence-corrected chi connectivity index (χ0v) is 18.9. The maximum absolute atomic E-state index is 9.16. The number of benzene rings is 1. The Bertz CT molecular complexity index is 1310. The van der Waals surface area contributed by atoms with Crippen LogP contribution >= 0.6 is 12.4 Å². The third-order valence-electron chi connectivity index (χ3n) is 5.77. The van der Waals surface area contributed by atoms with Crippen LogP contribution in [0.2, 0.25) is 0 Å². The summed E-state index contributed by atoms with van der Waals surface area (Å²) in [4.78, 5) is 13.7. The van der Waals surface area contributed by atoms with Gasteiger partial charge in [-0.3, -0.25) is 0 Å². The van der Waals surface area contributed by atoms with Gasteiger partial charge in [-0.2, -0.15) is 5.26 Å². The number of unbranched alkanes of at least 4 members (excludes halogenated alkanes) is 1. The molecule has 0 atom stereocenters. The van der Waals surface area contributed by atoms with E-state index in [1.54, 1.807) is 18.3 Å². The second kappa shape index (κ2) is 9.99. The highest BCUT2D eigenvalue weighted by Crippen LogP contribution is 2.42. The minimum Gasteiger partial charge on any atom is -0.396 e. The molecule has 0 spiro atoms. The third kappa shape index (κ3) is 5.14. The van der Waals surface area contributed by atoms with Crippen LogP contribution in [0.15, 0.2) is 55.0 Å². The number of nitrogens with one attached hydrogen (secondary N) is 1. The first-order chi connectivity index (χ1) is 15.7. The first-order valence-electron chi connectivity index (χ1n) is 10.9. The second-order valence-corrected chi connectivity index (χ2v) is 8.18. The van der Waals surface area contributed by atoms with Gasteiger partial charge in [-0.05, 0) is 73.6 Å². The summed E-state index contributed by atoms with van der Waals surface area (Å²) in [5.74, 6) is 1.90. The van der Waals surface area contributed by atoms with Crippen molar-refractivity contribution in [3.8, 4) is 17.3 Å². The summed E-state index contributed by atoms with van der Waals surface area (Å²) in [6.45, 7) is 1.03. The van der Waals surface area contributed by atoms with E-state index in [4.69, 9.17) is 15.4 Å². The van der Waals surface area contributed by atoms with Crippen LogP contribution in [0.4, 0.5) is 11.6 Å². The van der Waals surface area contributed by atoms with Crippen LogP contribution in [0, 0.1) is 11.3 Å². The topological polar surface area (TPSA) is 99.7 Å². The standard InChI is InChI=1S/C25H24N6O.ClH/c26-15-17-7-8-27-24(11-17)30-25-14-20(18-3-4-18)12-22(29-25)19-5-6-21-23(13-19)31(16-28-21)9-1-2-10-32;/h5-8,11-14,16,18,32H,1-4,9-10H2,(H,27,29,30);1H. The highest BCUT2D eigenvalue weighted by Gasteiger charge is 2.25. The number of hydrogen-bond donors (Lipinski definition) is 2. The zero-order chi connectivity index (χ0) is 21.9. The number of aromatic nitrogens is 4. The van der Waals surface area contributed by atoms with Gasteiger partial charge in [0.05, 0.1) is 34.7 Å². The molecule has 4 aromatic rings. The first kappa shape index (κ1) is 22.7. The largest absolute Gasteiger partial charge is 0.396 e. The lowest BCUT2D eigenvalue weighted by Crippen LogP contribution is -2.00. The Hall–Kier alpha value is -3.47. The van der Waals surface area contributed by atoms with Gasteiger partial charge in [0.15, 0.2) is 0 Å². The van der Waals surface area contributed by atoms with Crippen molar-refractivity contribution in [2.45, 2.75) is 38.1 Å². The smallest absolute Gasteiger partial charge is 0.132 e. The van der Waals surface area contributed by atoms with Crippen molar-refractivity contribution in [1.82, 2.24) is 19.5 Å². The van der Waals surface area contributed by atoms with Crippen molar-refractivity contribution in [3.63, 3.8) is 0 Å². The molecular weight excluding hydrogens is 436 g/mol. The van der Waals surface area contributed by atoms with Crippen molar-refractivity contribution >= 4 is 35.1 Å². The zero-order valence-electron chi connectivity index (χ0n) is 18.1.